The van der Waals surface area contributed by atoms with Crippen LogP contribution in [0.25, 0.3) is 11.4 Å². The van der Waals surface area contributed by atoms with Crippen molar-refractivity contribution in [1.82, 2.24) is 9.97 Å². The van der Waals surface area contributed by atoms with Gasteiger partial charge in [-0.3, -0.25) is 4.79 Å². The molecule has 1 unspecified atom stereocenters. The number of aryl methyl sites for hydroxylation is 1. The molecule has 0 aliphatic carbocycles. The predicted octanol–water partition coefficient (Wildman–Crippen LogP) is 5.15. The second kappa shape index (κ2) is 10.7. The first-order valence-electron chi connectivity index (χ1n) is 9.72. The Kier molecular flexibility index (Phi) is 8.26. The van der Waals surface area contributed by atoms with Gasteiger partial charge in [-0.2, -0.15) is 0 Å². The quantitative estimate of drug-likeness (QED) is 0.554. The molecule has 1 atom stereocenters. The Labute approximate surface area is 157 Å². The summed E-state index contributed by atoms with van der Waals surface area (Å²) < 4.78 is 5.45. The van der Waals surface area contributed by atoms with Crippen molar-refractivity contribution in [2.45, 2.75) is 71.8 Å². The van der Waals surface area contributed by atoms with Crippen LogP contribution in [0.4, 0.5) is 0 Å². The third-order valence-corrected chi connectivity index (χ3v) is 4.33. The Morgan fingerprint density at radius 1 is 1.00 bits per heavy atom. The number of hydrogen-bond donors (Lipinski definition) is 0. The first-order chi connectivity index (χ1) is 12.6. The Morgan fingerprint density at radius 2 is 1.65 bits per heavy atom. The van der Waals surface area contributed by atoms with Crippen molar-refractivity contribution >= 4 is 5.97 Å². The number of carbonyl (C=O) groups excluding carboxylic acids is 1. The molecular weight excluding hydrogens is 324 g/mol. The highest BCUT2D eigenvalue weighted by atomic mass is 16.5. The van der Waals surface area contributed by atoms with Gasteiger partial charge in [0.05, 0.1) is 0 Å². The third kappa shape index (κ3) is 6.58. The van der Waals surface area contributed by atoms with E-state index in [1.807, 2.05) is 31.5 Å². The summed E-state index contributed by atoms with van der Waals surface area (Å²) in [6.07, 6.45) is 10.2. The summed E-state index contributed by atoms with van der Waals surface area (Å²) in [7, 11) is 0. The molecule has 4 heteroatoms. The number of unbranched alkanes of at least 4 members (excludes halogenated alkanes) is 2. The number of aromatic nitrogens is 2. The van der Waals surface area contributed by atoms with Crippen molar-refractivity contribution in [3.05, 3.63) is 47.8 Å². The average Bonchev–Trinajstić information content (AvgIpc) is 2.65. The molecule has 0 radical (unpaired) electrons. The molecular formula is C22H30N2O2. The first-order valence-corrected chi connectivity index (χ1v) is 9.72. The standard InChI is InChI=1S/C22H30N2O2/c1-4-6-8-19-15-23-22(24-16-19)20-12-10-18(11-13-20)14-17(3)26-21(25)9-7-5-2/h10-13,15-17H,4-9,14H2,1-3H3. The number of ether oxygens (including phenoxy) is 1. The predicted molar refractivity (Wildman–Crippen MR) is 105 cm³/mol. The summed E-state index contributed by atoms with van der Waals surface area (Å²) in [6, 6.07) is 8.17. The molecule has 2 rings (SSSR count). The number of nitrogens with zero attached hydrogens (tertiary/aromatic N) is 2. The minimum absolute atomic E-state index is 0.104. The molecule has 0 aliphatic heterocycles. The number of benzene rings is 1. The van der Waals surface area contributed by atoms with E-state index in [1.54, 1.807) is 0 Å². The van der Waals surface area contributed by atoms with Crippen molar-refractivity contribution < 1.29 is 9.53 Å². The highest BCUT2D eigenvalue weighted by molar-refractivity contribution is 5.69. The fraction of sp³-hybridized carbons (Fsp3) is 0.500. The van der Waals surface area contributed by atoms with Gasteiger partial charge < -0.3 is 4.74 Å². The first kappa shape index (κ1) is 20.1. The van der Waals surface area contributed by atoms with Gasteiger partial charge in [0, 0.05) is 30.8 Å². The van der Waals surface area contributed by atoms with Gasteiger partial charge in [-0.05, 0) is 37.3 Å². The van der Waals surface area contributed by atoms with Gasteiger partial charge >= 0.3 is 5.97 Å². The van der Waals surface area contributed by atoms with Crippen LogP contribution in [0.3, 0.4) is 0 Å². The van der Waals surface area contributed by atoms with Crippen LogP contribution in [0.2, 0.25) is 0 Å². The van der Waals surface area contributed by atoms with Gasteiger partial charge in [0.15, 0.2) is 5.82 Å². The fourth-order valence-corrected chi connectivity index (χ4v) is 2.78. The van der Waals surface area contributed by atoms with Gasteiger partial charge in [-0.25, -0.2) is 9.97 Å². The molecule has 0 N–H and O–H groups in total. The summed E-state index contributed by atoms with van der Waals surface area (Å²) >= 11 is 0. The maximum atomic E-state index is 11.7. The largest absolute Gasteiger partial charge is 0.462 e. The molecule has 0 saturated carbocycles. The molecule has 0 spiro atoms. The van der Waals surface area contributed by atoms with E-state index in [2.05, 4.69) is 35.9 Å². The van der Waals surface area contributed by atoms with E-state index < -0.39 is 0 Å². The summed E-state index contributed by atoms with van der Waals surface area (Å²) in [5.41, 5.74) is 3.33. The van der Waals surface area contributed by atoms with E-state index in [9.17, 15) is 4.79 Å². The minimum atomic E-state index is -0.112. The van der Waals surface area contributed by atoms with Gasteiger partial charge in [0.25, 0.3) is 0 Å². The Bertz CT molecular complexity index is 666. The molecule has 2 aromatic rings. The summed E-state index contributed by atoms with van der Waals surface area (Å²) in [5.74, 6) is 0.642. The van der Waals surface area contributed by atoms with Crippen molar-refractivity contribution in [2.75, 3.05) is 0 Å². The van der Waals surface area contributed by atoms with Crippen molar-refractivity contribution in [1.29, 1.82) is 0 Å². The molecule has 0 fully saturated rings. The van der Waals surface area contributed by atoms with Gasteiger partial charge in [-0.1, -0.05) is 51.0 Å². The topological polar surface area (TPSA) is 52.1 Å². The van der Waals surface area contributed by atoms with Crippen molar-refractivity contribution in [3.63, 3.8) is 0 Å². The normalized spacial score (nSPS) is 12.0. The molecule has 0 saturated heterocycles. The number of hydrogen-bond acceptors (Lipinski definition) is 4. The van der Waals surface area contributed by atoms with Crippen LogP contribution in [0.15, 0.2) is 36.7 Å². The molecule has 1 heterocycles. The van der Waals surface area contributed by atoms with Crippen molar-refractivity contribution in [3.8, 4) is 11.4 Å². The minimum Gasteiger partial charge on any atom is -0.462 e. The number of rotatable bonds is 10. The number of esters is 1. The zero-order chi connectivity index (χ0) is 18.8. The molecule has 0 amide bonds. The monoisotopic (exact) mass is 354 g/mol. The van der Waals surface area contributed by atoms with Crippen LogP contribution in [-0.2, 0) is 22.4 Å². The lowest BCUT2D eigenvalue weighted by Crippen LogP contribution is -2.17. The van der Waals surface area contributed by atoms with Crippen LogP contribution >= 0.6 is 0 Å². The van der Waals surface area contributed by atoms with Crippen LogP contribution in [0, 0.1) is 0 Å². The average molecular weight is 354 g/mol. The lowest BCUT2D eigenvalue weighted by atomic mass is 10.1. The zero-order valence-corrected chi connectivity index (χ0v) is 16.2. The Balaban J connectivity index is 1.90. The van der Waals surface area contributed by atoms with E-state index in [-0.39, 0.29) is 12.1 Å². The number of carbonyl (C=O) groups is 1. The second-order valence-electron chi connectivity index (χ2n) is 6.82. The van der Waals surface area contributed by atoms with Crippen molar-refractivity contribution in [2.24, 2.45) is 0 Å². The van der Waals surface area contributed by atoms with Gasteiger partial charge in [0.1, 0.15) is 6.10 Å². The molecule has 1 aromatic carbocycles. The van der Waals surface area contributed by atoms with E-state index in [0.717, 1.165) is 42.6 Å². The van der Waals surface area contributed by atoms with Crippen LogP contribution in [-0.4, -0.2) is 22.0 Å². The van der Waals surface area contributed by atoms with E-state index in [0.29, 0.717) is 6.42 Å². The molecule has 140 valence electrons. The lowest BCUT2D eigenvalue weighted by molar-refractivity contribution is -0.148. The molecule has 0 bridgehead atoms. The molecule has 1 aromatic heterocycles. The highest BCUT2D eigenvalue weighted by Crippen LogP contribution is 2.17. The molecule has 0 aliphatic rings. The molecule has 4 nitrogen and oxygen atoms in total. The van der Waals surface area contributed by atoms with Crippen LogP contribution < -0.4 is 0 Å². The van der Waals surface area contributed by atoms with Gasteiger partial charge in [0.2, 0.25) is 0 Å². The van der Waals surface area contributed by atoms with Crippen LogP contribution in [0.1, 0.15) is 64.0 Å². The smallest absolute Gasteiger partial charge is 0.306 e. The third-order valence-electron chi connectivity index (χ3n) is 4.33. The zero-order valence-electron chi connectivity index (χ0n) is 16.2. The van der Waals surface area contributed by atoms with E-state index in [4.69, 9.17) is 4.74 Å². The van der Waals surface area contributed by atoms with Gasteiger partial charge in [-0.15, -0.1) is 0 Å². The molecule has 26 heavy (non-hydrogen) atoms. The maximum Gasteiger partial charge on any atom is 0.306 e. The second-order valence-corrected chi connectivity index (χ2v) is 6.82. The summed E-state index contributed by atoms with van der Waals surface area (Å²) in [4.78, 5) is 20.7. The highest BCUT2D eigenvalue weighted by Gasteiger charge is 2.10. The summed E-state index contributed by atoms with van der Waals surface area (Å²) in [6.45, 7) is 6.19. The SMILES string of the molecule is CCCCC(=O)OC(C)Cc1ccc(-c2ncc(CCCC)cn2)cc1. The van der Waals surface area contributed by atoms with E-state index in [1.165, 1.54) is 18.4 Å². The van der Waals surface area contributed by atoms with Crippen LogP contribution in [0.5, 0.6) is 0 Å². The lowest BCUT2D eigenvalue weighted by Gasteiger charge is -2.13. The fourth-order valence-electron chi connectivity index (χ4n) is 2.78. The summed E-state index contributed by atoms with van der Waals surface area (Å²) in [5, 5.41) is 0. The maximum absolute atomic E-state index is 11.7. The van der Waals surface area contributed by atoms with E-state index >= 15 is 0 Å². The Hall–Kier alpha value is -2.23. The Morgan fingerprint density at radius 3 is 2.27 bits per heavy atom.